The van der Waals surface area contributed by atoms with Crippen LogP contribution in [0.2, 0.25) is 0 Å². The average Bonchev–Trinajstić information content (AvgIpc) is 3.38. The number of hydrogen-bond donors (Lipinski definition) is 0. The van der Waals surface area contributed by atoms with Gasteiger partial charge in [0, 0.05) is 48.3 Å². The number of rotatable bonds is 5. The molecule has 6 heteroatoms. The molecule has 3 aliphatic rings. The molecular weight excluding hydrogens is 366 g/mol. The maximum atomic E-state index is 6.25. The second kappa shape index (κ2) is 7.65. The van der Waals surface area contributed by atoms with E-state index in [1.807, 2.05) is 25.4 Å². The lowest BCUT2D eigenvalue weighted by Crippen LogP contribution is -2.34. The van der Waals surface area contributed by atoms with Crippen LogP contribution in [0.4, 0.5) is 0 Å². The Morgan fingerprint density at radius 1 is 1.14 bits per heavy atom. The zero-order valence-corrected chi connectivity index (χ0v) is 17.3. The van der Waals surface area contributed by atoms with E-state index < -0.39 is 0 Å². The SMILES string of the molecule is Cc1ccnc([C@H]2C[C@@H]2COc2nc(C)ncc2C2CCC3(CC2)OCCO3)c1. The number of pyridine rings is 1. The van der Waals surface area contributed by atoms with E-state index in [-0.39, 0.29) is 5.79 Å². The molecule has 2 atom stereocenters. The van der Waals surface area contributed by atoms with Gasteiger partial charge in [-0.05, 0) is 56.7 Å². The molecule has 1 saturated heterocycles. The first-order valence-electron chi connectivity index (χ1n) is 10.8. The second-order valence-electron chi connectivity index (χ2n) is 8.73. The van der Waals surface area contributed by atoms with Crippen LogP contribution in [0, 0.1) is 19.8 Å². The first kappa shape index (κ1) is 18.9. The number of hydrogen-bond acceptors (Lipinski definition) is 6. The van der Waals surface area contributed by atoms with Crippen LogP contribution in [0.25, 0.3) is 0 Å². The number of ether oxygens (including phenoxy) is 3. The van der Waals surface area contributed by atoms with Crippen LogP contribution in [0.1, 0.15) is 66.6 Å². The van der Waals surface area contributed by atoms with Gasteiger partial charge in [-0.2, -0.15) is 4.98 Å². The van der Waals surface area contributed by atoms with Crippen molar-refractivity contribution in [1.82, 2.24) is 15.0 Å². The normalized spacial score (nSPS) is 26.0. The van der Waals surface area contributed by atoms with Crippen LogP contribution < -0.4 is 4.74 Å². The molecule has 0 amide bonds. The molecule has 154 valence electrons. The summed E-state index contributed by atoms with van der Waals surface area (Å²) < 4.78 is 18.0. The Balaban J connectivity index is 1.23. The van der Waals surface area contributed by atoms with E-state index in [4.69, 9.17) is 14.2 Å². The summed E-state index contributed by atoms with van der Waals surface area (Å²) in [7, 11) is 0. The highest BCUT2D eigenvalue weighted by Gasteiger charge is 2.42. The summed E-state index contributed by atoms with van der Waals surface area (Å²) >= 11 is 0. The van der Waals surface area contributed by atoms with Crippen molar-refractivity contribution in [2.24, 2.45) is 5.92 Å². The quantitative estimate of drug-likeness (QED) is 0.760. The molecule has 2 aromatic heterocycles. The molecule has 2 aromatic rings. The molecule has 2 aliphatic carbocycles. The summed E-state index contributed by atoms with van der Waals surface area (Å²) in [6.07, 6.45) is 8.88. The summed E-state index contributed by atoms with van der Waals surface area (Å²) in [4.78, 5) is 13.6. The van der Waals surface area contributed by atoms with Gasteiger partial charge < -0.3 is 14.2 Å². The highest BCUT2D eigenvalue weighted by molar-refractivity contribution is 5.29. The largest absolute Gasteiger partial charge is 0.477 e. The summed E-state index contributed by atoms with van der Waals surface area (Å²) in [6.45, 7) is 6.15. The summed E-state index contributed by atoms with van der Waals surface area (Å²) in [5, 5.41) is 0. The third-order valence-electron chi connectivity index (χ3n) is 6.57. The van der Waals surface area contributed by atoms with Crippen LogP contribution >= 0.6 is 0 Å². The van der Waals surface area contributed by atoms with E-state index in [1.165, 1.54) is 11.3 Å². The van der Waals surface area contributed by atoms with Crippen molar-refractivity contribution in [3.05, 3.63) is 47.2 Å². The molecule has 1 aliphatic heterocycles. The number of aryl methyl sites for hydroxylation is 2. The Bertz CT molecular complexity index is 871. The molecular formula is C23H29N3O3. The lowest BCUT2D eigenvalue weighted by atomic mass is 9.81. The molecule has 3 fully saturated rings. The van der Waals surface area contributed by atoms with Gasteiger partial charge in [0.25, 0.3) is 0 Å². The first-order valence-corrected chi connectivity index (χ1v) is 10.8. The monoisotopic (exact) mass is 395 g/mol. The van der Waals surface area contributed by atoms with Gasteiger partial charge >= 0.3 is 0 Å². The minimum Gasteiger partial charge on any atom is -0.477 e. The molecule has 0 N–H and O–H groups in total. The zero-order chi connectivity index (χ0) is 19.8. The number of aromatic nitrogens is 3. The van der Waals surface area contributed by atoms with Gasteiger partial charge in [0.2, 0.25) is 5.88 Å². The molecule has 3 heterocycles. The zero-order valence-electron chi connectivity index (χ0n) is 17.3. The topological polar surface area (TPSA) is 66.4 Å². The van der Waals surface area contributed by atoms with Crippen molar-refractivity contribution in [3.8, 4) is 5.88 Å². The fraction of sp³-hybridized carbons (Fsp3) is 0.609. The number of nitrogens with zero attached hydrogens (tertiary/aromatic N) is 3. The van der Waals surface area contributed by atoms with Crippen molar-refractivity contribution in [3.63, 3.8) is 0 Å². The molecule has 0 bridgehead atoms. The maximum Gasteiger partial charge on any atom is 0.220 e. The Hall–Kier alpha value is -2.05. The molecule has 29 heavy (non-hydrogen) atoms. The average molecular weight is 396 g/mol. The molecule has 5 rings (SSSR count). The molecule has 0 aromatic carbocycles. The second-order valence-corrected chi connectivity index (χ2v) is 8.73. The van der Waals surface area contributed by atoms with E-state index in [0.717, 1.165) is 49.4 Å². The first-order chi connectivity index (χ1) is 14.1. The standard InChI is InChI=1S/C23H29N3O3/c1-15-5-8-24-21(11-15)19-12-18(19)14-27-22-20(13-25-16(2)26-22)17-3-6-23(7-4-17)28-9-10-29-23/h5,8,11,13,17-19H,3-4,6-7,9-10,12,14H2,1-2H3/t18-,19+/m1/s1. The van der Waals surface area contributed by atoms with E-state index in [2.05, 4.69) is 27.9 Å². The lowest BCUT2D eigenvalue weighted by Gasteiger charge is -2.35. The minimum absolute atomic E-state index is 0.342. The Kier molecular flexibility index (Phi) is 5.00. The van der Waals surface area contributed by atoms with Gasteiger partial charge in [0.1, 0.15) is 5.82 Å². The third kappa shape index (κ3) is 4.01. The lowest BCUT2D eigenvalue weighted by molar-refractivity contribution is -0.178. The summed E-state index contributed by atoms with van der Waals surface area (Å²) in [6, 6.07) is 4.24. The van der Waals surface area contributed by atoms with Gasteiger partial charge in [-0.15, -0.1) is 0 Å². The van der Waals surface area contributed by atoms with Crippen molar-refractivity contribution < 1.29 is 14.2 Å². The molecule has 1 spiro atoms. The fourth-order valence-corrected chi connectivity index (χ4v) is 4.75. The van der Waals surface area contributed by atoms with E-state index >= 15 is 0 Å². The van der Waals surface area contributed by atoms with Crippen molar-refractivity contribution in [1.29, 1.82) is 0 Å². The van der Waals surface area contributed by atoms with Crippen LogP contribution in [-0.4, -0.2) is 40.6 Å². The minimum atomic E-state index is -0.342. The van der Waals surface area contributed by atoms with Crippen molar-refractivity contribution in [2.75, 3.05) is 19.8 Å². The van der Waals surface area contributed by atoms with Gasteiger partial charge in [-0.3, -0.25) is 4.98 Å². The molecule has 2 saturated carbocycles. The van der Waals surface area contributed by atoms with Crippen LogP contribution in [0.3, 0.4) is 0 Å². The van der Waals surface area contributed by atoms with Gasteiger partial charge in [-0.25, -0.2) is 4.98 Å². The Morgan fingerprint density at radius 3 is 2.69 bits per heavy atom. The summed E-state index contributed by atoms with van der Waals surface area (Å²) in [5.41, 5.74) is 3.58. The van der Waals surface area contributed by atoms with E-state index in [9.17, 15) is 0 Å². The van der Waals surface area contributed by atoms with Gasteiger partial charge in [0.05, 0.1) is 19.8 Å². The Labute approximate surface area is 172 Å². The maximum absolute atomic E-state index is 6.25. The summed E-state index contributed by atoms with van der Waals surface area (Å²) in [5.74, 6) is 2.60. The van der Waals surface area contributed by atoms with Gasteiger partial charge in [-0.1, -0.05) is 0 Å². The highest BCUT2D eigenvalue weighted by atomic mass is 16.7. The van der Waals surface area contributed by atoms with Crippen LogP contribution in [0.15, 0.2) is 24.5 Å². The van der Waals surface area contributed by atoms with E-state index in [1.54, 1.807) is 0 Å². The third-order valence-corrected chi connectivity index (χ3v) is 6.57. The van der Waals surface area contributed by atoms with Crippen LogP contribution in [0.5, 0.6) is 5.88 Å². The van der Waals surface area contributed by atoms with Gasteiger partial charge in [0.15, 0.2) is 5.79 Å². The highest BCUT2D eigenvalue weighted by Crippen LogP contribution is 2.48. The predicted molar refractivity (Wildman–Crippen MR) is 108 cm³/mol. The Morgan fingerprint density at radius 2 is 1.93 bits per heavy atom. The van der Waals surface area contributed by atoms with Crippen molar-refractivity contribution >= 4 is 0 Å². The fourth-order valence-electron chi connectivity index (χ4n) is 4.75. The predicted octanol–water partition coefficient (Wildman–Crippen LogP) is 4.07. The molecule has 6 nitrogen and oxygen atoms in total. The van der Waals surface area contributed by atoms with E-state index in [0.29, 0.717) is 37.6 Å². The smallest absolute Gasteiger partial charge is 0.220 e. The van der Waals surface area contributed by atoms with Crippen LogP contribution in [-0.2, 0) is 9.47 Å². The van der Waals surface area contributed by atoms with Crippen molar-refractivity contribution in [2.45, 2.75) is 63.6 Å². The molecule has 0 radical (unpaired) electrons. The molecule has 0 unspecified atom stereocenters.